The summed E-state index contributed by atoms with van der Waals surface area (Å²) in [6.07, 6.45) is 2.50. The zero-order valence-corrected chi connectivity index (χ0v) is 21.6. The molecule has 0 spiro atoms. The number of fused-ring (bicyclic) bond motifs is 1. The van der Waals surface area contributed by atoms with Crippen LogP contribution in [0.3, 0.4) is 0 Å². The van der Waals surface area contributed by atoms with Gasteiger partial charge in [0.2, 0.25) is 0 Å². The second-order valence-corrected chi connectivity index (χ2v) is 7.69. The molecule has 0 N–H and O–H groups in total. The molecule has 34 heavy (non-hydrogen) atoms. The third kappa shape index (κ3) is 5.78. The molecule has 1 aliphatic heterocycles. The number of hydrogen-bond donors (Lipinski definition) is 0. The van der Waals surface area contributed by atoms with Crippen molar-refractivity contribution in [3.05, 3.63) is 53.3 Å². The number of aromatic nitrogens is 1. The Kier molecular flexibility index (Phi) is 10.5. The van der Waals surface area contributed by atoms with Gasteiger partial charge in [-0.05, 0) is 35.2 Å². The average molecular weight is 511 g/mol. The van der Waals surface area contributed by atoms with E-state index in [9.17, 15) is 0 Å². The van der Waals surface area contributed by atoms with Crippen molar-refractivity contribution in [2.75, 3.05) is 54.7 Å². The fourth-order valence-corrected chi connectivity index (χ4v) is 4.23. The Labute approximate surface area is 213 Å². The standard InChI is InChI=1S/C25H30N2O5.2ClH/c1-28-22-6-5-17(20(25(22)31-4)16-27-9-11-32-12-10-27)13-21-19-15-24(30-3)23(29-2)14-18(19)7-8-26-21;;/h5-8,14-15H,9-13,16H2,1-4H3;2*1H. The van der Waals surface area contributed by atoms with Crippen molar-refractivity contribution in [2.24, 2.45) is 0 Å². The molecule has 0 unspecified atom stereocenters. The van der Waals surface area contributed by atoms with Gasteiger partial charge in [-0.3, -0.25) is 9.88 Å². The van der Waals surface area contributed by atoms with Gasteiger partial charge in [0.15, 0.2) is 23.0 Å². The van der Waals surface area contributed by atoms with Crippen LogP contribution in [0.2, 0.25) is 0 Å². The van der Waals surface area contributed by atoms with E-state index >= 15 is 0 Å². The second-order valence-electron chi connectivity index (χ2n) is 7.69. The molecule has 9 heteroatoms. The molecule has 0 atom stereocenters. The number of ether oxygens (including phenoxy) is 5. The van der Waals surface area contributed by atoms with Crippen LogP contribution >= 0.6 is 24.8 Å². The Bertz CT molecular complexity index is 1090. The number of halogens is 2. The largest absolute Gasteiger partial charge is 0.493 e. The summed E-state index contributed by atoms with van der Waals surface area (Å²) in [5.74, 6) is 2.90. The van der Waals surface area contributed by atoms with Gasteiger partial charge >= 0.3 is 0 Å². The number of methoxy groups -OCH3 is 4. The van der Waals surface area contributed by atoms with Crippen LogP contribution in [0.25, 0.3) is 10.8 Å². The summed E-state index contributed by atoms with van der Waals surface area (Å²) in [6, 6.07) is 10.1. The zero-order valence-electron chi connectivity index (χ0n) is 20.0. The number of nitrogens with zero attached hydrogens (tertiary/aromatic N) is 2. The lowest BCUT2D eigenvalue weighted by atomic mass is 9.97. The minimum atomic E-state index is 0. The number of benzene rings is 2. The van der Waals surface area contributed by atoms with E-state index in [4.69, 9.17) is 28.7 Å². The maximum atomic E-state index is 5.80. The summed E-state index contributed by atoms with van der Waals surface area (Å²) in [6.45, 7) is 4.04. The van der Waals surface area contributed by atoms with E-state index in [0.29, 0.717) is 17.9 Å². The van der Waals surface area contributed by atoms with Gasteiger partial charge in [0.05, 0.1) is 47.3 Å². The molecule has 1 saturated heterocycles. The van der Waals surface area contributed by atoms with E-state index in [2.05, 4.69) is 11.0 Å². The predicted octanol–water partition coefficient (Wildman–Crippen LogP) is 4.54. The van der Waals surface area contributed by atoms with E-state index in [1.807, 2.05) is 30.5 Å². The fraction of sp³-hybridized carbons (Fsp3) is 0.400. The number of pyridine rings is 1. The SMILES string of the molecule is COc1cc2ccnc(Cc3ccc(OC)c(OC)c3CN3CCOCC3)c2cc1OC.Cl.Cl. The Hall–Kier alpha value is -2.45. The number of morpholine rings is 1. The van der Waals surface area contributed by atoms with Crippen LogP contribution in [-0.4, -0.2) is 64.6 Å². The van der Waals surface area contributed by atoms with Crippen molar-refractivity contribution in [3.63, 3.8) is 0 Å². The molecule has 1 aromatic heterocycles. The van der Waals surface area contributed by atoms with Gasteiger partial charge in [-0.25, -0.2) is 0 Å². The first-order chi connectivity index (χ1) is 15.7. The maximum absolute atomic E-state index is 5.80. The molecule has 0 radical (unpaired) electrons. The van der Waals surface area contributed by atoms with Gasteiger partial charge < -0.3 is 23.7 Å². The van der Waals surface area contributed by atoms with Gasteiger partial charge in [-0.2, -0.15) is 0 Å². The van der Waals surface area contributed by atoms with E-state index in [1.165, 1.54) is 0 Å². The first-order valence-corrected chi connectivity index (χ1v) is 10.7. The Morgan fingerprint density at radius 1 is 0.853 bits per heavy atom. The van der Waals surface area contributed by atoms with Crippen LogP contribution in [0.1, 0.15) is 16.8 Å². The smallest absolute Gasteiger partial charge is 0.165 e. The molecule has 186 valence electrons. The lowest BCUT2D eigenvalue weighted by Crippen LogP contribution is -2.36. The van der Waals surface area contributed by atoms with Crippen LogP contribution in [-0.2, 0) is 17.7 Å². The van der Waals surface area contributed by atoms with E-state index in [1.54, 1.807) is 28.4 Å². The summed E-state index contributed by atoms with van der Waals surface area (Å²) in [5, 5.41) is 2.10. The maximum Gasteiger partial charge on any atom is 0.165 e. The first-order valence-electron chi connectivity index (χ1n) is 10.7. The van der Waals surface area contributed by atoms with Crippen molar-refractivity contribution in [3.8, 4) is 23.0 Å². The second kappa shape index (κ2) is 12.9. The molecular weight excluding hydrogens is 479 g/mol. The zero-order chi connectivity index (χ0) is 22.5. The van der Waals surface area contributed by atoms with E-state index in [0.717, 1.165) is 71.9 Å². The monoisotopic (exact) mass is 510 g/mol. The highest BCUT2D eigenvalue weighted by molar-refractivity contribution is 5.88. The lowest BCUT2D eigenvalue weighted by molar-refractivity contribution is 0.0337. The van der Waals surface area contributed by atoms with Gasteiger partial charge in [0.1, 0.15) is 0 Å². The van der Waals surface area contributed by atoms with Crippen molar-refractivity contribution in [2.45, 2.75) is 13.0 Å². The molecule has 0 aliphatic carbocycles. The van der Waals surface area contributed by atoms with Crippen LogP contribution in [0.4, 0.5) is 0 Å². The average Bonchev–Trinajstić information content (AvgIpc) is 2.84. The third-order valence-corrected chi connectivity index (χ3v) is 5.94. The number of rotatable bonds is 8. The fourth-order valence-electron chi connectivity index (χ4n) is 4.23. The Morgan fingerprint density at radius 2 is 1.53 bits per heavy atom. The minimum Gasteiger partial charge on any atom is -0.493 e. The molecule has 0 bridgehead atoms. The van der Waals surface area contributed by atoms with Crippen LogP contribution < -0.4 is 18.9 Å². The molecule has 0 amide bonds. The summed E-state index contributed by atoms with van der Waals surface area (Å²) in [7, 11) is 6.65. The molecule has 2 aromatic carbocycles. The molecule has 7 nitrogen and oxygen atoms in total. The minimum absolute atomic E-state index is 0. The van der Waals surface area contributed by atoms with E-state index < -0.39 is 0 Å². The van der Waals surface area contributed by atoms with Gasteiger partial charge in [-0.1, -0.05) is 6.07 Å². The number of hydrogen-bond acceptors (Lipinski definition) is 7. The molecule has 0 saturated carbocycles. The molecule has 3 aromatic rings. The summed E-state index contributed by atoms with van der Waals surface area (Å²) >= 11 is 0. The Balaban J connectivity index is 0.00000204. The van der Waals surface area contributed by atoms with Crippen molar-refractivity contribution >= 4 is 35.6 Å². The molecular formula is C25H32Cl2N2O5. The third-order valence-electron chi connectivity index (χ3n) is 5.94. The van der Waals surface area contributed by atoms with Crippen molar-refractivity contribution in [1.29, 1.82) is 0 Å². The first kappa shape index (κ1) is 27.8. The van der Waals surface area contributed by atoms with Gasteiger partial charge in [0.25, 0.3) is 0 Å². The Morgan fingerprint density at radius 3 is 2.18 bits per heavy atom. The molecule has 1 aliphatic rings. The lowest BCUT2D eigenvalue weighted by Gasteiger charge is -2.28. The topological polar surface area (TPSA) is 62.3 Å². The summed E-state index contributed by atoms with van der Waals surface area (Å²) < 4.78 is 27.9. The molecule has 4 rings (SSSR count). The van der Waals surface area contributed by atoms with Crippen molar-refractivity contribution < 1.29 is 23.7 Å². The summed E-state index contributed by atoms with van der Waals surface area (Å²) in [5.41, 5.74) is 3.25. The van der Waals surface area contributed by atoms with Crippen molar-refractivity contribution in [1.82, 2.24) is 9.88 Å². The summed E-state index contributed by atoms with van der Waals surface area (Å²) in [4.78, 5) is 7.10. The van der Waals surface area contributed by atoms with E-state index in [-0.39, 0.29) is 24.8 Å². The highest BCUT2D eigenvalue weighted by atomic mass is 35.5. The highest BCUT2D eigenvalue weighted by Gasteiger charge is 2.21. The van der Waals surface area contributed by atoms with Crippen LogP contribution in [0, 0.1) is 0 Å². The molecule has 2 heterocycles. The van der Waals surface area contributed by atoms with Crippen LogP contribution in [0.5, 0.6) is 23.0 Å². The van der Waals surface area contributed by atoms with Crippen LogP contribution in [0.15, 0.2) is 36.5 Å². The molecule has 1 fully saturated rings. The van der Waals surface area contributed by atoms with Gasteiger partial charge in [-0.15, -0.1) is 24.8 Å². The normalized spacial score (nSPS) is 13.5. The predicted molar refractivity (Wildman–Crippen MR) is 138 cm³/mol. The quantitative estimate of drug-likeness (QED) is 0.440. The van der Waals surface area contributed by atoms with Gasteiger partial charge in [0, 0.05) is 43.2 Å². The highest BCUT2D eigenvalue weighted by Crippen LogP contribution is 2.37.